The number of halogens is 1. The number of carbonyl (C=O) groups excluding carboxylic acids is 2. The van der Waals surface area contributed by atoms with Crippen LogP contribution >= 0.6 is 23.4 Å². The predicted octanol–water partition coefficient (Wildman–Crippen LogP) is 5.37. The molecule has 0 atom stereocenters. The third-order valence-electron chi connectivity index (χ3n) is 4.78. The number of nitrogens with one attached hydrogen (secondary N) is 1. The van der Waals surface area contributed by atoms with E-state index in [9.17, 15) is 9.59 Å². The van der Waals surface area contributed by atoms with Crippen molar-refractivity contribution in [1.29, 1.82) is 0 Å². The van der Waals surface area contributed by atoms with Crippen molar-refractivity contribution in [3.8, 4) is 0 Å². The van der Waals surface area contributed by atoms with Crippen LogP contribution in [0.2, 0.25) is 5.02 Å². The molecule has 0 spiro atoms. The van der Waals surface area contributed by atoms with Gasteiger partial charge >= 0.3 is 0 Å². The van der Waals surface area contributed by atoms with Crippen LogP contribution in [0.1, 0.15) is 16.9 Å². The molecule has 7 heteroatoms. The highest BCUT2D eigenvalue weighted by molar-refractivity contribution is 8.03. The Morgan fingerprint density at radius 3 is 2.53 bits per heavy atom. The van der Waals surface area contributed by atoms with Crippen LogP contribution in [0.4, 0.5) is 5.69 Å². The highest BCUT2D eigenvalue weighted by Gasteiger charge is 2.39. The van der Waals surface area contributed by atoms with Crippen LogP contribution in [-0.4, -0.2) is 16.7 Å². The van der Waals surface area contributed by atoms with E-state index in [1.54, 1.807) is 24.5 Å². The summed E-state index contributed by atoms with van der Waals surface area (Å²) in [5, 5.41) is 3.74. The van der Waals surface area contributed by atoms with Crippen LogP contribution in [0.5, 0.6) is 0 Å². The smallest absolute Gasteiger partial charge is 0.278 e. The minimum atomic E-state index is -0.356. The second-order valence-corrected chi connectivity index (χ2v) is 8.18. The number of benzene rings is 2. The molecule has 0 aliphatic carbocycles. The molecule has 0 radical (unpaired) electrons. The van der Waals surface area contributed by atoms with E-state index in [0.717, 1.165) is 16.9 Å². The predicted molar refractivity (Wildman–Crippen MR) is 119 cm³/mol. The Labute approximate surface area is 183 Å². The zero-order valence-electron chi connectivity index (χ0n) is 16.2. The second kappa shape index (κ2) is 8.81. The molecule has 1 aliphatic rings. The summed E-state index contributed by atoms with van der Waals surface area (Å²) in [6.45, 7) is 2.08. The van der Waals surface area contributed by atoms with Crippen molar-refractivity contribution in [1.82, 2.24) is 4.90 Å². The lowest BCUT2D eigenvalue weighted by Gasteiger charge is -2.16. The molecule has 0 saturated carbocycles. The number of hydrogen-bond donors (Lipinski definition) is 1. The average Bonchev–Trinajstić information content (AvgIpc) is 3.34. The number of hydrogen-bond acceptors (Lipinski definition) is 5. The van der Waals surface area contributed by atoms with Gasteiger partial charge in [-0.2, -0.15) is 0 Å². The van der Waals surface area contributed by atoms with Crippen LogP contribution in [0.15, 0.2) is 81.9 Å². The molecule has 1 aliphatic heterocycles. The Kier molecular flexibility index (Phi) is 5.97. The van der Waals surface area contributed by atoms with Gasteiger partial charge in [-0.25, -0.2) is 0 Å². The molecule has 4 rings (SSSR count). The van der Waals surface area contributed by atoms with Gasteiger partial charge in [-0.15, -0.1) is 11.8 Å². The first-order valence-electron chi connectivity index (χ1n) is 9.36. The second-order valence-electron chi connectivity index (χ2n) is 6.79. The number of imide groups is 1. The van der Waals surface area contributed by atoms with Crippen molar-refractivity contribution >= 4 is 40.9 Å². The number of furan rings is 1. The molecular weight excluding hydrogens is 420 g/mol. The van der Waals surface area contributed by atoms with E-state index in [1.807, 2.05) is 49.4 Å². The van der Waals surface area contributed by atoms with Crippen molar-refractivity contribution in [3.05, 3.63) is 99.4 Å². The van der Waals surface area contributed by atoms with Crippen LogP contribution < -0.4 is 5.32 Å². The summed E-state index contributed by atoms with van der Waals surface area (Å²) < 4.78 is 5.38. The summed E-state index contributed by atoms with van der Waals surface area (Å²) in [5.74, 6) is 0.501. The van der Waals surface area contributed by atoms with Crippen LogP contribution in [0, 0.1) is 6.92 Å². The van der Waals surface area contributed by atoms with Crippen molar-refractivity contribution in [2.24, 2.45) is 0 Å². The van der Waals surface area contributed by atoms with Gasteiger partial charge in [-0.1, -0.05) is 48.0 Å². The van der Waals surface area contributed by atoms with Gasteiger partial charge in [0.25, 0.3) is 11.8 Å². The fraction of sp³-hybridized carbons (Fsp3) is 0.130. The molecule has 2 amide bonds. The molecule has 1 aromatic heterocycles. The number of thioether (sulfide) groups is 1. The van der Waals surface area contributed by atoms with E-state index in [0.29, 0.717) is 21.4 Å². The lowest BCUT2D eigenvalue weighted by atomic mass is 10.2. The van der Waals surface area contributed by atoms with Gasteiger partial charge in [0, 0.05) is 10.7 Å². The first kappa shape index (κ1) is 20.3. The van der Waals surface area contributed by atoms with Crippen molar-refractivity contribution in [2.45, 2.75) is 19.2 Å². The third kappa shape index (κ3) is 4.15. The number of carbonyl (C=O) groups is 2. The van der Waals surface area contributed by atoms with E-state index in [4.69, 9.17) is 16.0 Å². The largest absolute Gasteiger partial charge is 0.468 e. The minimum Gasteiger partial charge on any atom is -0.468 e. The molecule has 0 saturated heterocycles. The quantitative estimate of drug-likeness (QED) is 0.502. The van der Waals surface area contributed by atoms with Gasteiger partial charge in [-0.05, 0) is 42.3 Å². The van der Waals surface area contributed by atoms with E-state index < -0.39 is 0 Å². The average molecular weight is 439 g/mol. The molecule has 2 heterocycles. The molecule has 3 aromatic rings. The van der Waals surface area contributed by atoms with Crippen LogP contribution in [-0.2, 0) is 21.9 Å². The lowest BCUT2D eigenvalue weighted by Crippen LogP contribution is -2.32. The number of rotatable bonds is 7. The van der Waals surface area contributed by atoms with E-state index in [-0.39, 0.29) is 24.1 Å². The topological polar surface area (TPSA) is 62.6 Å². The van der Waals surface area contributed by atoms with Crippen molar-refractivity contribution in [3.63, 3.8) is 0 Å². The zero-order valence-corrected chi connectivity index (χ0v) is 17.8. The Morgan fingerprint density at radius 2 is 1.80 bits per heavy atom. The Balaban J connectivity index is 1.65. The normalized spacial score (nSPS) is 14.0. The monoisotopic (exact) mass is 438 g/mol. The molecule has 0 fully saturated rings. The van der Waals surface area contributed by atoms with E-state index >= 15 is 0 Å². The first-order valence-corrected chi connectivity index (χ1v) is 10.7. The number of nitrogens with zero attached hydrogens (tertiary/aromatic N) is 1. The van der Waals surface area contributed by atoms with Gasteiger partial charge in [0.05, 0.1) is 18.6 Å². The molecule has 2 aromatic carbocycles. The molecule has 152 valence electrons. The molecule has 0 bridgehead atoms. The Hall–Kier alpha value is -2.96. The molecule has 5 nitrogen and oxygen atoms in total. The van der Waals surface area contributed by atoms with Gasteiger partial charge in [0.2, 0.25) is 0 Å². The van der Waals surface area contributed by atoms with Gasteiger partial charge in [-0.3, -0.25) is 14.5 Å². The maximum Gasteiger partial charge on any atom is 0.278 e. The summed E-state index contributed by atoms with van der Waals surface area (Å²) in [6.07, 6.45) is 1.59. The fourth-order valence-electron chi connectivity index (χ4n) is 3.12. The summed E-state index contributed by atoms with van der Waals surface area (Å²) in [6, 6.07) is 18.5. The van der Waals surface area contributed by atoms with E-state index in [2.05, 4.69) is 5.32 Å². The van der Waals surface area contributed by atoms with Crippen molar-refractivity contribution in [2.75, 3.05) is 5.32 Å². The highest BCUT2D eigenvalue weighted by atomic mass is 35.5. The summed E-state index contributed by atoms with van der Waals surface area (Å²) in [5.41, 5.74) is 2.65. The number of anilines is 1. The molecule has 0 unspecified atom stereocenters. The Morgan fingerprint density at radius 1 is 1.00 bits per heavy atom. The molecule has 30 heavy (non-hydrogen) atoms. The third-order valence-corrected chi connectivity index (χ3v) is 6.28. The zero-order chi connectivity index (χ0) is 21.1. The van der Waals surface area contributed by atoms with Crippen LogP contribution in [0.3, 0.4) is 0 Å². The summed E-state index contributed by atoms with van der Waals surface area (Å²) in [4.78, 5) is 28.0. The molecule has 1 N–H and O–H groups in total. The molecular formula is C23H19ClN2O3S. The maximum absolute atomic E-state index is 13.2. The van der Waals surface area contributed by atoms with Gasteiger partial charge in [0.15, 0.2) is 0 Å². The standard InChI is InChI=1S/C23H19ClN2O3S/c1-15-18(24)10-5-11-19(15)25-20-21(30-14-17-9-6-12-29-17)23(28)26(22(20)27)13-16-7-3-2-4-8-16/h2-12,25H,13-14H2,1H3. The van der Waals surface area contributed by atoms with E-state index in [1.165, 1.54) is 16.7 Å². The van der Waals surface area contributed by atoms with Crippen LogP contribution in [0.25, 0.3) is 0 Å². The lowest BCUT2D eigenvalue weighted by molar-refractivity contribution is -0.137. The first-order chi connectivity index (χ1) is 14.5. The minimum absolute atomic E-state index is 0.211. The number of amides is 2. The summed E-state index contributed by atoms with van der Waals surface area (Å²) >= 11 is 7.51. The highest BCUT2D eigenvalue weighted by Crippen LogP contribution is 2.35. The van der Waals surface area contributed by atoms with Crippen molar-refractivity contribution < 1.29 is 14.0 Å². The summed E-state index contributed by atoms with van der Waals surface area (Å²) in [7, 11) is 0. The van der Waals surface area contributed by atoms with Gasteiger partial charge < -0.3 is 9.73 Å². The fourth-order valence-corrected chi connectivity index (χ4v) is 4.26. The SMILES string of the molecule is Cc1c(Cl)cccc1NC1=C(SCc2ccco2)C(=O)N(Cc2ccccc2)C1=O. The maximum atomic E-state index is 13.2. The Bertz CT molecular complexity index is 1110. The van der Waals surface area contributed by atoms with Gasteiger partial charge in [0.1, 0.15) is 16.4 Å².